The van der Waals surface area contributed by atoms with Crippen LogP contribution in [-0.2, 0) is 16.1 Å². The van der Waals surface area contributed by atoms with E-state index in [1.54, 1.807) is 37.4 Å². The number of rotatable bonds is 6. The topological polar surface area (TPSA) is 97.3 Å². The average molecular weight is 381 g/mol. The largest absolute Gasteiger partial charge is 0.496 e. The molecule has 28 heavy (non-hydrogen) atoms. The molecule has 0 unspecified atom stereocenters. The summed E-state index contributed by atoms with van der Waals surface area (Å²) in [6.45, 7) is 0.226. The summed E-state index contributed by atoms with van der Waals surface area (Å²) in [5, 5.41) is 2.19. The van der Waals surface area contributed by atoms with E-state index in [4.69, 9.17) is 9.47 Å². The summed E-state index contributed by atoms with van der Waals surface area (Å²) in [6.07, 6.45) is 1.25. The maximum absolute atomic E-state index is 12.9. The highest BCUT2D eigenvalue weighted by molar-refractivity contribution is 6.32. The fourth-order valence-electron chi connectivity index (χ4n) is 2.85. The first-order chi connectivity index (χ1) is 13.6. The Hall–Kier alpha value is -3.68. The van der Waals surface area contributed by atoms with Crippen LogP contribution in [0.1, 0.15) is 5.56 Å². The minimum atomic E-state index is -1.22. The van der Waals surface area contributed by atoms with Gasteiger partial charge in [0, 0.05) is 11.8 Å². The van der Waals surface area contributed by atoms with Gasteiger partial charge in [0.25, 0.3) is 5.91 Å². The Kier molecular flexibility index (Phi) is 5.69. The third-order valence-corrected chi connectivity index (χ3v) is 4.24. The van der Waals surface area contributed by atoms with Gasteiger partial charge in [0.15, 0.2) is 5.92 Å². The Balaban J connectivity index is 1.84. The van der Waals surface area contributed by atoms with Crippen LogP contribution in [0.15, 0.2) is 53.5 Å². The molecule has 1 heterocycles. The Morgan fingerprint density at radius 2 is 1.64 bits per heavy atom. The molecule has 4 amide bonds. The highest BCUT2D eigenvalue weighted by Crippen LogP contribution is 2.30. The van der Waals surface area contributed by atoms with E-state index in [0.29, 0.717) is 11.5 Å². The van der Waals surface area contributed by atoms with E-state index >= 15 is 0 Å². The zero-order valence-corrected chi connectivity index (χ0v) is 15.4. The number of nitrogens with zero attached hydrogens (tertiary/aromatic N) is 2. The lowest BCUT2D eigenvalue weighted by Crippen LogP contribution is -2.58. The standard InChI is InChI=1S/C20H19N3O5/c1-27-16-9-5-3-7-13(16)11-21-12-14-18(24)22-20(26)23(19(14)25)15-8-4-6-10-17(15)28-2/h3-10,12,14H,11H2,1-2H3,(H,22,24,26)/t14-/m0/s1. The average Bonchev–Trinajstić information content (AvgIpc) is 2.71. The number of para-hydroxylation sites is 3. The molecule has 0 aromatic heterocycles. The fraction of sp³-hybridized carbons (Fsp3) is 0.200. The zero-order chi connectivity index (χ0) is 20.1. The van der Waals surface area contributed by atoms with Gasteiger partial charge in [-0.3, -0.25) is 19.9 Å². The number of amides is 4. The third-order valence-electron chi connectivity index (χ3n) is 4.24. The van der Waals surface area contributed by atoms with E-state index in [1.165, 1.54) is 13.3 Å². The van der Waals surface area contributed by atoms with Gasteiger partial charge in [-0.2, -0.15) is 0 Å². The van der Waals surface area contributed by atoms with Crippen molar-refractivity contribution in [3.8, 4) is 11.5 Å². The first-order valence-electron chi connectivity index (χ1n) is 8.50. The van der Waals surface area contributed by atoms with Crippen molar-refractivity contribution >= 4 is 29.7 Å². The predicted octanol–water partition coefficient (Wildman–Crippen LogP) is 2.17. The number of hydrogen-bond acceptors (Lipinski definition) is 6. The Labute approximate surface area is 161 Å². The molecule has 2 aromatic rings. The van der Waals surface area contributed by atoms with E-state index in [1.807, 2.05) is 18.2 Å². The molecule has 8 nitrogen and oxygen atoms in total. The highest BCUT2D eigenvalue weighted by Gasteiger charge is 2.41. The van der Waals surface area contributed by atoms with Crippen molar-refractivity contribution in [2.75, 3.05) is 19.1 Å². The van der Waals surface area contributed by atoms with Crippen molar-refractivity contribution in [2.24, 2.45) is 10.9 Å². The van der Waals surface area contributed by atoms with Crippen LogP contribution in [0.4, 0.5) is 10.5 Å². The molecule has 0 aliphatic carbocycles. The summed E-state index contributed by atoms with van der Waals surface area (Å²) >= 11 is 0. The van der Waals surface area contributed by atoms with E-state index < -0.39 is 23.8 Å². The summed E-state index contributed by atoms with van der Waals surface area (Å²) in [4.78, 5) is 42.4. The third kappa shape index (κ3) is 3.71. The Bertz CT molecular complexity index is 941. The molecule has 3 rings (SSSR count). The molecule has 1 atom stereocenters. The lowest BCUT2D eigenvalue weighted by molar-refractivity contribution is -0.131. The monoisotopic (exact) mass is 381 g/mol. The summed E-state index contributed by atoms with van der Waals surface area (Å²) in [6, 6.07) is 13.1. The number of carbonyl (C=O) groups is 3. The number of carbonyl (C=O) groups excluding carboxylic acids is 3. The van der Waals surface area contributed by atoms with Crippen LogP contribution in [0.25, 0.3) is 0 Å². The molecule has 0 spiro atoms. The second-order valence-electron chi connectivity index (χ2n) is 5.92. The predicted molar refractivity (Wildman–Crippen MR) is 103 cm³/mol. The normalized spacial score (nSPS) is 17.0. The fourth-order valence-corrected chi connectivity index (χ4v) is 2.85. The number of urea groups is 1. The van der Waals surface area contributed by atoms with Gasteiger partial charge >= 0.3 is 6.03 Å². The van der Waals surface area contributed by atoms with Crippen LogP contribution in [0.2, 0.25) is 0 Å². The molecular formula is C20H19N3O5. The molecule has 1 aliphatic rings. The number of nitrogens with one attached hydrogen (secondary N) is 1. The van der Waals surface area contributed by atoms with Crippen LogP contribution in [0.3, 0.4) is 0 Å². The number of barbiturate groups is 1. The molecular weight excluding hydrogens is 362 g/mol. The van der Waals surface area contributed by atoms with Crippen molar-refractivity contribution < 1.29 is 23.9 Å². The van der Waals surface area contributed by atoms with Crippen LogP contribution in [-0.4, -0.2) is 38.3 Å². The first kappa shape index (κ1) is 19.1. The molecule has 1 N–H and O–H groups in total. The van der Waals surface area contributed by atoms with Crippen molar-refractivity contribution in [3.05, 3.63) is 54.1 Å². The molecule has 0 saturated carbocycles. The quantitative estimate of drug-likeness (QED) is 0.611. The number of hydrogen-bond donors (Lipinski definition) is 1. The number of anilines is 1. The number of imide groups is 2. The van der Waals surface area contributed by atoms with Crippen molar-refractivity contribution in [1.82, 2.24) is 5.32 Å². The molecule has 0 bridgehead atoms. The van der Waals surface area contributed by atoms with E-state index in [-0.39, 0.29) is 12.2 Å². The van der Waals surface area contributed by atoms with Gasteiger partial charge in [-0.1, -0.05) is 30.3 Å². The second kappa shape index (κ2) is 8.34. The summed E-state index contributed by atoms with van der Waals surface area (Å²) < 4.78 is 10.5. The van der Waals surface area contributed by atoms with Gasteiger partial charge in [0.05, 0.1) is 26.5 Å². The van der Waals surface area contributed by atoms with Crippen LogP contribution in [0, 0.1) is 5.92 Å². The molecule has 2 aromatic carbocycles. The van der Waals surface area contributed by atoms with Gasteiger partial charge in [-0.05, 0) is 18.2 Å². The van der Waals surface area contributed by atoms with E-state index in [2.05, 4.69) is 10.3 Å². The first-order valence-corrected chi connectivity index (χ1v) is 8.50. The molecule has 1 aliphatic heterocycles. The van der Waals surface area contributed by atoms with Crippen LogP contribution >= 0.6 is 0 Å². The van der Waals surface area contributed by atoms with E-state index in [0.717, 1.165) is 10.5 Å². The lowest BCUT2D eigenvalue weighted by atomic mass is 10.1. The molecule has 1 saturated heterocycles. The van der Waals surface area contributed by atoms with Crippen molar-refractivity contribution in [2.45, 2.75) is 6.54 Å². The van der Waals surface area contributed by atoms with Crippen LogP contribution < -0.4 is 19.7 Å². The van der Waals surface area contributed by atoms with Gasteiger partial charge in [0.2, 0.25) is 5.91 Å². The lowest BCUT2D eigenvalue weighted by Gasteiger charge is -2.29. The summed E-state index contributed by atoms with van der Waals surface area (Å²) in [5.41, 5.74) is 1.06. The maximum atomic E-state index is 12.9. The molecule has 0 radical (unpaired) electrons. The number of methoxy groups -OCH3 is 2. The molecule has 1 fully saturated rings. The van der Waals surface area contributed by atoms with Gasteiger partial charge in [0.1, 0.15) is 11.5 Å². The maximum Gasteiger partial charge on any atom is 0.335 e. The minimum absolute atomic E-state index is 0.226. The van der Waals surface area contributed by atoms with Gasteiger partial charge in [-0.15, -0.1) is 0 Å². The number of benzene rings is 2. The van der Waals surface area contributed by atoms with E-state index in [9.17, 15) is 14.4 Å². The SMILES string of the molecule is COc1ccccc1CN=C[C@H]1C(=O)NC(=O)N(c2ccccc2OC)C1=O. The second-order valence-corrected chi connectivity index (χ2v) is 5.92. The number of aliphatic imine (C=N–C) groups is 1. The van der Waals surface area contributed by atoms with Crippen molar-refractivity contribution in [3.63, 3.8) is 0 Å². The Morgan fingerprint density at radius 1 is 1.00 bits per heavy atom. The van der Waals surface area contributed by atoms with Crippen LogP contribution in [0.5, 0.6) is 11.5 Å². The number of ether oxygens (including phenoxy) is 2. The molecule has 144 valence electrons. The minimum Gasteiger partial charge on any atom is -0.496 e. The van der Waals surface area contributed by atoms with Gasteiger partial charge in [-0.25, -0.2) is 9.69 Å². The van der Waals surface area contributed by atoms with Gasteiger partial charge < -0.3 is 9.47 Å². The van der Waals surface area contributed by atoms with Crippen molar-refractivity contribution in [1.29, 1.82) is 0 Å². The molecule has 8 heteroatoms. The highest BCUT2D eigenvalue weighted by atomic mass is 16.5. The Morgan fingerprint density at radius 3 is 2.36 bits per heavy atom. The smallest absolute Gasteiger partial charge is 0.335 e. The zero-order valence-electron chi connectivity index (χ0n) is 15.4. The summed E-state index contributed by atoms with van der Waals surface area (Å²) in [5.74, 6) is -1.64. The summed E-state index contributed by atoms with van der Waals surface area (Å²) in [7, 11) is 2.99.